The van der Waals surface area contributed by atoms with Crippen LogP contribution in [-0.4, -0.2) is 28.8 Å². The predicted octanol–water partition coefficient (Wildman–Crippen LogP) is 4.78. The quantitative estimate of drug-likeness (QED) is 0.632. The highest BCUT2D eigenvalue weighted by Gasteiger charge is 2.14. The molecule has 130 valence electrons. The molecule has 0 unspecified atom stereocenters. The second-order valence-corrected chi connectivity index (χ2v) is 6.58. The fraction of sp³-hybridized carbons (Fsp3) is 0.125. The number of hydrogen-bond donors (Lipinski definition) is 2. The molecule has 0 atom stereocenters. The van der Waals surface area contributed by atoms with E-state index in [9.17, 15) is 0 Å². The molecule has 0 aliphatic carbocycles. The zero-order chi connectivity index (χ0) is 16.7. The van der Waals surface area contributed by atoms with Gasteiger partial charge >= 0.3 is 0 Å². The highest BCUT2D eigenvalue weighted by Crippen LogP contribution is 2.34. The normalized spacial score (nSPS) is 13.3. The van der Waals surface area contributed by atoms with Gasteiger partial charge < -0.3 is 10.6 Å². The summed E-state index contributed by atoms with van der Waals surface area (Å²) in [6.07, 6.45) is 1.76. The molecule has 0 saturated carbocycles. The first kappa shape index (κ1) is 18.1. The van der Waals surface area contributed by atoms with E-state index in [1.54, 1.807) is 10.9 Å². The molecule has 9 heteroatoms. The van der Waals surface area contributed by atoms with Crippen LogP contribution in [0, 0.1) is 0 Å². The molecule has 25 heavy (non-hydrogen) atoms. The average Bonchev–Trinajstić information content (AvgIpc) is 3.19. The number of guanidine groups is 1. The van der Waals surface area contributed by atoms with Crippen LogP contribution >= 0.6 is 47.2 Å². The number of rotatable bonds is 2. The molecule has 2 N–H and O–H groups in total. The molecule has 0 radical (unpaired) electrons. The first-order valence-corrected chi connectivity index (χ1v) is 8.43. The van der Waals surface area contributed by atoms with E-state index in [1.165, 1.54) is 0 Å². The molecule has 0 spiro atoms. The van der Waals surface area contributed by atoms with Gasteiger partial charge in [-0.3, -0.25) is 4.99 Å². The van der Waals surface area contributed by atoms with E-state index in [0.29, 0.717) is 26.7 Å². The number of anilines is 1. The van der Waals surface area contributed by atoms with Gasteiger partial charge in [-0.1, -0.05) is 34.8 Å². The number of nitrogens with zero attached hydrogens (tertiary/aromatic N) is 3. The molecule has 0 bridgehead atoms. The number of fused-ring (bicyclic) bond motifs is 1. The summed E-state index contributed by atoms with van der Waals surface area (Å²) in [5, 5.41) is 13.3. The highest BCUT2D eigenvalue weighted by atomic mass is 35.5. The molecule has 1 aliphatic rings. The number of benzene rings is 2. The van der Waals surface area contributed by atoms with Gasteiger partial charge in [0.15, 0.2) is 5.96 Å². The molecule has 1 aromatic heterocycles. The van der Waals surface area contributed by atoms with Gasteiger partial charge in [0.1, 0.15) is 0 Å². The lowest BCUT2D eigenvalue weighted by atomic mass is 10.2. The van der Waals surface area contributed by atoms with Gasteiger partial charge in [0.05, 0.1) is 39.7 Å². The highest BCUT2D eigenvalue weighted by molar-refractivity contribution is 6.40. The molecule has 5 nitrogen and oxygen atoms in total. The molecule has 0 fully saturated rings. The largest absolute Gasteiger partial charge is 0.354 e. The lowest BCUT2D eigenvalue weighted by Crippen LogP contribution is -2.26. The minimum absolute atomic E-state index is 0. The van der Waals surface area contributed by atoms with Crippen LogP contribution in [0.25, 0.3) is 16.6 Å². The molecule has 2 heterocycles. The van der Waals surface area contributed by atoms with Crippen molar-refractivity contribution >= 4 is 69.8 Å². The van der Waals surface area contributed by atoms with Crippen LogP contribution in [0.2, 0.25) is 15.1 Å². The van der Waals surface area contributed by atoms with Crippen LogP contribution in [0.4, 0.5) is 5.69 Å². The summed E-state index contributed by atoms with van der Waals surface area (Å²) < 4.78 is 1.78. The van der Waals surface area contributed by atoms with Gasteiger partial charge in [0, 0.05) is 17.0 Å². The third-order valence-corrected chi connectivity index (χ3v) is 4.55. The van der Waals surface area contributed by atoms with Crippen molar-refractivity contribution in [1.82, 2.24) is 15.1 Å². The molecule has 0 saturated heterocycles. The van der Waals surface area contributed by atoms with Crippen molar-refractivity contribution in [2.45, 2.75) is 0 Å². The Morgan fingerprint density at radius 1 is 1.08 bits per heavy atom. The minimum atomic E-state index is 0. The van der Waals surface area contributed by atoms with E-state index in [4.69, 9.17) is 34.8 Å². The van der Waals surface area contributed by atoms with E-state index in [2.05, 4.69) is 20.7 Å². The smallest absolute Gasteiger partial charge is 0.196 e. The topological polar surface area (TPSA) is 54.2 Å². The summed E-state index contributed by atoms with van der Waals surface area (Å²) in [7, 11) is 0. The molecule has 1 aliphatic heterocycles. The number of nitrogens with one attached hydrogen (secondary N) is 2. The second kappa shape index (κ2) is 7.30. The Morgan fingerprint density at radius 2 is 1.84 bits per heavy atom. The fourth-order valence-corrected chi connectivity index (χ4v) is 3.36. The molecular formula is C16H13Cl4N5. The number of halogens is 4. The van der Waals surface area contributed by atoms with E-state index in [1.807, 2.05) is 30.3 Å². The van der Waals surface area contributed by atoms with Crippen LogP contribution in [0.1, 0.15) is 0 Å². The molecule has 0 amide bonds. The number of aliphatic imine (C=N–C) groups is 1. The SMILES string of the molecule is Cl.Clc1ccc2c(cnn2-c2cc(Cl)c(NC3=NCCN3)c(Cl)c2)c1. The summed E-state index contributed by atoms with van der Waals surface area (Å²) in [4.78, 5) is 4.28. The van der Waals surface area contributed by atoms with Gasteiger partial charge in [-0.25, -0.2) is 4.68 Å². The maximum atomic E-state index is 6.41. The molecule has 3 aromatic rings. The maximum absolute atomic E-state index is 6.41. The third kappa shape index (κ3) is 3.51. The summed E-state index contributed by atoms with van der Waals surface area (Å²) in [6.45, 7) is 1.54. The van der Waals surface area contributed by atoms with E-state index in [0.717, 1.165) is 29.7 Å². The van der Waals surface area contributed by atoms with Crippen LogP contribution in [0.5, 0.6) is 0 Å². The van der Waals surface area contributed by atoms with Crippen molar-refractivity contribution in [3.8, 4) is 5.69 Å². The van der Waals surface area contributed by atoms with Crippen LogP contribution in [0.15, 0.2) is 41.5 Å². The molecule has 4 rings (SSSR count). The predicted molar refractivity (Wildman–Crippen MR) is 107 cm³/mol. The Morgan fingerprint density at radius 3 is 2.52 bits per heavy atom. The standard InChI is InChI=1S/C16H12Cl3N5.ClH/c17-10-1-2-14-9(5-10)8-22-24(14)11-6-12(18)15(13(19)7-11)23-16-20-3-4-21-16;/h1-2,5-8H,3-4H2,(H2,20,21,23);1H. The van der Waals surface area contributed by atoms with Gasteiger partial charge in [-0.05, 0) is 30.3 Å². The Bertz CT molecular complexity index is 943. The van der Waals surface area contributed by atoms with Gasteiger partial charge in [-0.2, -0.15) is 5.10 Å². The van der Waals surface area contributed by atoms with Crippen molar-refractivity contribution in [2.24, 2.45) is 4.99 Å². The zero-order valence-corrected chi connectivity index (χ0v) is 15.8. The van der Waals surface area contributed by atoms with E-state index >= 15 is 0 Å². The van der Waals surface area contributed by atoms with Gasteiger partial charge in [0.2, 0.25) is 0 Å². The Labute approximate surface area is 165 Å². The van der Waals surface area contributed by atoms with Gasteiger partial charge in [0.25, 0.3) is 0 Å². The Balaban J connectivity index is 0.00000182. The first-order chi connectivity index (χ1) is 11.6. The summed E-state index contributed by atoms with van der Waals surface area (Å²) in [5.41, 5.74) is 2.32. The van der Waals surface area contributed by atoms with Crippen LogP contribution in [0.3, 0.4) is 0 Å². The fourth-order valence-electron chi connectivity index (χ4n) is 2.61. The number of aromatic nitrogens is 2. The lowest BCUT2D eigenvalue weighted by molar-refractivity contribution is 0.911. The molecular weight excluding hydrogens is 404 g/mol. The van der Waals surface area contributed by atoms with Crippen molar-refractivity contribution < 1.29 is 0 Å². The zero-order valence-electron chi connectivity index (χ0n) is 12.8. The Hall–Kier alpha value is -1.66. The van der Waals surface area contributed by atoms with Crippen molar-refractivity contribution in [3.63, 3.8) is 0 Å². The Kier molecular flexibility index (Phi) is 5.29. The minimum Gasteiger partial charge on any atom is -0.354 e. The van der Waals surface area contributed by atoms with Crippen LogP contribution < -0.4 is 10.6 Å². The first-order valence-electron chi connectivity index (χ1n) is 7.30. The molecule has 2 aromatic carbocycles. The summed E-state index contributed by atoms with van der Waals surface area (Å²) in [6, 6.07) is 9.23. The summed E-state index contributed by atoms with van der Waals surface area (Å²) in [5.74, 6) is 0.672. The second-order valence-electron chi connectivity index (χ2n) is 5.33. The summed E-state index contributed by atoms with van der Waals surface area (Å²) >= 11 is 18.9. The lowest BCUT2D eigenvalue weighted by Gasteiger charge is -2.13. The van der Waals surface area contributed by atoms with Crippen LogP contribution in [-0.2, 0) is 0 Å². The van der Waals surface area contributed by atoms with E-state index < -0.39 is 0 Å². The van der Waals surface area contributed by atoms with Crippen molar-refractivity contribution in [1.29, 1.82) is 0 Å². The monoisotopic (exact) mass is 415 g/mol. The van der Waals surface area contributed by atoms with Gasteiger partial charge in [-0.15, -0.1) is 12.4 Å². The third-order valence-electron chi connectivity index (χ3n) is 3.72. The number of hydrogen-bond acceptors (Lipinski definition) is 4. The van der Waals surface area contributed by atoms with E-state index in [-0.39, 0.29) is 12.4 Å². The average molecular weight is 417 g/mol. The van der Waals surface area contributed by atoms with Crippen molar-refractivity contribution in [2.75, 3.05) is 18.4 Å². The van der Waals surface area contributed by atoms with Crippen molar-refractivity contribution in [3.05, 3.63) is 51.6 Å². The maximum Gasteiger partial charge on any atom is 0.196 e.